The first-order chi connectivity index (χ1) is 7.49. The zero-order valence-electron chi connectivity index (χ0n) is 7.99. The van der Waals surface area contributed by atoms with E-state index in [9.17, 15) is 18.0 Å². The first kappa shape index (κ1) is 12.4. The summed E-state index contributed by atoms with van der Waals surface area (Å²) in [6.07, 6.45) is -1.63. The van der Waals surface area contributed by atoms with Gasteiger partial charge in [0.15, 0.2) is 0 Å². The lowest BCUT2D eigenvalue weighted by atomic mass is 10.4. The van der Waals surface area contributed by atoms with Gasteiger partial charge in [-0.3, -0.25) is 14.6 Å². The lowest BCUT2D eigenvalue weighted by Gasteiger charge is -2.07. The van der Waals surface area contributed by atoms with Gasteiger partial charge in [-0.15, -0.1) is 0 Å². The zero-order valence-corrected chi connectivity index (χ0v) is 7.99. The monoisotopic (exact) mass is 235 g/mol. The third-order valence-corrected chi connectivity index (χ3v) is 1.45. The quantitative estimate of drug-likeness (QED) is 0.626. The van der Waals surface area contributed by atoms with Gasteiger partial charge in [-0.1, -0.05) is 0 Å². The summed E-state index contributed by atoms with van der Waals surface area (Å²) in [7, 11) is 0. The average molecular weight is 235 g/mol. The molecule has 0 aliphatic rings. The number of hydrogen-bond donors (Lipinski definition) is 1. The van der Waals surface area contributed by atoms with Gasteiger partial charge in [0.1, 0.15) is 5.69 Å². The van der Waals surface area contributed by atoms with Gasteiger partial charge in [0.2, 0.25) is 0 Å². The molecule has 0 saturated carbocycles. The van der Waals surface area contributed by atoms with Crippen molar-refractivity contribution in [1.29, 1.82) is 0 Å². The van der Waals surface area contributed by atoms with Crippen LogP contribution in [0, 0.1) is 0 Å². The maximum Gasteiger partial charge on any atom is 0.391 e. The van der Waals surface area contributed by atoms with Gasteiger partial charge in [-0.2, -0.15) is 13.2 Å². The van der Waals surface area contributed by atoms with Crippen LogP contribution in [0.5, 0.6) is 0 Å². The van der Waals surface area contributed by atoms with E-state index in [-0.39, 0.29) is 5.69 Å². The Bertz CT molecular complexity index is 342. The summed E-state index contributed by atoms with van der Waals surface area (Å²) in [5.41, 5.74) is 1.80. The second-order valence-electron chi connectivity index (χ2n) is 2.74. The van der Waals surface area contributed by atoms with E-state index in [2.05, 4.69) is 14.8 Å². The van der Waals surface area contributed by atoms with E-state index in [4.69, 9.17) is 0 Å². The van der Waals surface area contributed by atoms with Gasteiger partial charge in [0.25, 0.3) is 5.91 Å². The molecule has 1 amide bonds. The summed E-state index contributed by atoms with van der Waals surface area (Å²) in [5, 5.41) is 0. The Kier molecular flexibility index (Phi) is 4.18. The standard InChI is InChI=1S/C8H8F3N3O2/c9-8(10,11)1-4-16-14-7(15)6-5-12-2-3-13-6/h2-3,5H,1,4H2,(H,14,15). The van der Waals surface area contributed by atoms with Crippen LogP contribution < -0.4 is 5.48 Å². The number of alkyl halides is 3. The fraction of sp³-hybridized carbons (Fsp3) is 0.375. The molecule has 16 heavy (non-hydrogen) atoms. The highest BCUT2D eigenvalue weighted by molar-refractivity contribution is 5.90. The van der Waals surface area contributed by atoms with Crippen LogP contribution in [0.25, 0.3) is 0 Å². The van der Waals surface area contributed by atoms with Crippen molar-refractivity contribution in [2.24, 2.45) is 0 Å². The number of nitrogens with zero attached hydrogens (tertiary/aromatic N) is 2. The van der Waals surface area contributed by atoms with Crippen LogP contribution in [-0.2, 0) is 4.84 Å². The Morgan fingerprint density at radius 1 is 1.44 bits per heavy atom. The molecule has 0 aliphatic heterocycles. The van der Waals surface area contributed by atoms with E-state index in [1.54, 1.807) is 0 Å². The Morgan fingerprint density at radius 3 is 2.75 bits per heavy atom. The van der Waals surface area contributed by atoms with Crippen LogP contribution in [0.1, 0.15) is 16.9 Å². The number of hydroxylamine groups is 1. The molecule has 0 atom stereocenters. The van der Waals surface area contributed by atoms with Crippen LogP contribution in [0.3, 0.4) is 0 Å². The van der Waals surface area contributed by atoms with Crippen LogP contribution in [-0.4, -0.2) is 28.7 Å². The molecule has 1 aromatic rings. The Morgan fingerprint density at radius 2 is 2.19 bits per heavy atom. The number of amides is 1. The summed E-state index contributed by atoms with van der Waals surface area (Å²) in [6.45, 7) is -0.643. The van der Waals surface area contributed by atoms with E-state index in [1.165, 1.54) is 18.6 Å². The highest BCUT2D eigenvalue weighted by atomic mass is 19.4. The second kappa shape index (κ2) is 5.40. The van der Waals surface area contributed by atoms with Crippen molar-refractivity contribution in [3.05, 3.63) is 24.3 Å². The molecule has 0 fully saturated rings. The number of halogens is 3. The summed E-state index contributed by atoms with van der Waals surface area (Å²) >= 11 is 0. The number of rotatable bonds is 4. The molecule has 1 heterocycles. The largest absolute Gasteiger partial charge is 0.391 e. The molecule has 8 heteroatoms. The van der Waals surface area contributed by atoms with Crippen molar-refractivity contribution in [3.63, 3.8) is 0 Å². The first-order valence-electron chi connectivity index (χ1n) is 4.24. The minimum Gasteiger partial charge on any atom is -0.273 e. The highest BCUT2D eigenvalue weighted by Crippen LogP contribution is 2.18. The fourth-order valence-corrected chi connectivity index (χ4v) is 0.752. The van der Waals surface area contributed by atoms with Crippen molar-refractivity contribution in [1.82, 2.24) is 15.4 Å². The van der Waals surface area contributed by atoms with Crippen molar-refractivity contribution in [2.75, 3.05) is 6.61 Å². The molecule has 0 bridgehead atoms. The van der Waals surface area contributed by atoms with Crippen molar-refractivity contribution >= 4 is 5.91 Å². The van der Waals surface area contributed by atoms with Crippen molar-refractivity contribution in [2.45, 2.75) is 12.6 Å². The number of carbonyl (C=O) groups is 1. The van der Waals surface area contributed by atoms with E-state index < -0.39 is 25.1 Å². The highest BCUT2D eigenvalue weighted by Gasteiger charge is 2.26. The number of aromatic nitrogens is 2. The van der Waals surface area contributed by atoms with Crippen molar-refractivity contribution < 1.29 is 22.8 Å². The van der Waals surface area contributed by atoms with Gasteiger partial charge in [0.05, 0.1) is 19.2 Å². The Balaban J connectivity index is 2.27. The molecule has 0 aliphatic carbocycles. The molecule has 5 nitrogen and oxygen atoms in total. The lowest BCUT2D eigenvalue weighted by Crippen LogP contribution is -2.26. The maximum absolute atomic E-state index is 11.7. The van der Waals surface area contributed by atoms with Crippen LogP contribution >= 0.6 is 0 Å². The maximum atomic E-state index is 11.7. The molecule has 0 saturated heterocycles. The molecular formula is C8H8F3N3O2. The van der Waals surface area contributed by atoms with E-state index in [0.29, 0.717) is 0 Å². The van der Waals surface area contributed by atoms with Crippen LogP contribution in [0.2, 0.25) is 0 Å². The molecule has 0 spiro atoms. The van der Waals surface area contributed by atoms with Crippen LogP contribution in [0.4, 0.5) is 13.2 Å². The summed E-state index contributed by atoms with van der Waals surface area (Å²) in [4.78, 5) is 22.7. The molecule has 1 N–H and O–H groups in total. The van der Waals surface area contributed by atoms with Crippen molar-refractivity contribution in [3.8, 4) is 0 Å². The smallest absolute Gasteiger partial charge is 0.273 e. The van der Waals surface area contributed by atoms with Gasteiger partial charge >= 0.3 is 6.18 Å². The molecule has 0 radical (unpaired) electrons. The Hall–Kier alpha value is -1.70. The summed E-state index contributed by atoms with van der Waals surface area (Å²) < 4.78 is 35.1. The fourth-order valence-electron chi connectivity index (χ4n) is 0.752. The van der Waals surface area contributed by atoms with E-state index in [1.807, 2.05) is 5.48 Å². The zero-order chi connectivity index (χ0) is 12.0. The van der Waals surface area contributed by atoms with E-state index in [0.717, 1.165) is 0 Å². The average Bonchev–Trinajstić information content (AvgIpc) is 2.24. The lowest BCUT2D eigenvalue weighted by molar-refractivity contribution is -0.149. The third kappa shape index (κ3) is 4.69. The summed E-state index contributed by atoms with van der Waals surface area (Å²) in [5.74, 6) is -0.740. The molecule has 0 aromatic carbocycles. The molecular weight excluding hydrogens is 227 g/mol. The summed E-state index contributed by atoms with van der Waals surface area (Å²) in [6, 6.07) is 0. The van der Waals surface area contributed by atoms with Crippen LogP contribution in [0.15, 0.2) is 18.6 Å². The molecule has 88 valence electrons. The van der Waals surface area contributed by atoms with Gasteiger partial charge < -0.3 is 0 Å². The number of carbonyl (C=O) groups excluding carboxylic acids is 1. The third-order valence-electron chi connectivity index (χ3n) is 1.45. The normalized spacial score (nSPS) is 11.2. The molecule has 0 unspecified atom stereocenters. The second-order valence-corrected chi connectivity index (χ2v) is 2.74. The van der Waals surface area contributed by atoms with Gasteiger partial charge in [-0.05, 0) is 0 Å². The first-order valence-corrected chi connectivity index (χ1v) is 4.24. The minimum absolute atomic E-state index is 0.0329. The topological polar surface area (TPSA) is 64.1 Å². The Labute approximate surface area is 88.6 Å². The molecule has 1 aromatic heterocycles. The van der Waals surface area contributed by atoms with Gasteiger partial charge in [0, 0.05) is 12.4 Å². The number of nitrogens with one attached hydrogen (secondary N) is 1. The SMILES string of the molecule is O=C(NOCCC(F)(F)F)c1cnccn1. The molecule has 1 rings (SSSR count). The van der Waals surface area contributed by atoms with Gasteiger partial charge in [-0.25, -0.2) is 10.5 Å². The predicted octanol–water partition coefficient (Wildman–Crippen LogP) is 1.09. The minimum atomic E-state index is -4.31. The predicted molar refractivity (Wildman–Crippen MR) is 46.1 cm³/mol. The van der Waals surface area contributed by atoms with E-state index >= 15 is 0 Å². The number of hydrogen-bond acceptors (Lipinski definition) is 4.